The number of hydrogen-bond donors (Lipinski definition) is 1. The zero-order valence-electron chi connectivity index (χ0n) is 15.3. The first-order valence-electron chi connectivity index (χ1n) is 8.38. The number of nitrogens with one attached hydrogen (secondary N) is 1. The van der Waals surface area contributed by atoms with E-state index in [4.69, 9.17) is 4.74 Å². The Labute approximate surface area is 180 Å². The summed E-state index contributed by atoms with van der Waals surface area (Å²) in [6, 6.07) is 14.8. The van der Waals surface area contributed by atoms with Crippen LogP contribution in [0.4, 0.5) is 0 Å². The van der Waals surface area contributed by atoms with Crippen molar-refractivity contribution < 1.29 is 9.53 Å². The molecule has 0 saturated heterocycles. The highest BCUT2D eigenvalue weighted by atomic mass is 79.9. The molecule has 2 aromatic rings. The van der Waals surface area contributed by atoms with Crippen LogP contribution < -0.4 is 10.1 Å². The van der Waals surface area contributed by atoms with Crippen LogP contribution in [0.1, 0.15) is 30.5 Å². The van der Waals surface area contributed by atoms with E-state index in [1.54, 1.807) is 24.3 Å². The summed E-state index contributed by atoms with van der Waals surface area (Å²) in [6.45, 7) is 3.89. The van der Waals surface area contributed by atoms with Gasteiger partial charge in [-0.3, -0.25) is 4.79 Å². The molecule has 28 heavy (non-hydrogen) atoms. The minimum absolute atomic E-state index is 0.0177. The quantitative estimate of drug-likeness (QED) is 0.440. The molecule has 5 nitrogen and oxygen atoms in total. The Morgan fingerprint density at radius 3 is 2.43 bits per heavy atom. The summed E-state index contributed by atoms with van der Waals surface area (Å²) < 4.78 is 7.19. The van der Waals surface area contributed by atoms with Crippen molar-refractivity contribution in [3.63, 3.8) is 0 Å². The molecule has 0 radical (unpaired) electrons. The second-order valence-electron chi connectivity index (χ2n) is 6.17. The number of nitrogens with zero attached hydrogens (tertiary/aromatic N) is 2. The molecule has 142 valence electrons. The highest BCUT2D eigenvalue weighted by Gasteiger charge is 2.13. The Bertz CT molecular complexity index is 978. The molecule has 0 heterocycles. The molecule has 2 aromatic carbocycles. The van der Waals surface area contributed by atoms with Gasteiger partial charge in [0.05, 0.1) is 20.6 Å². The maximum absolute atomic E-state index is 12.1. The average molecular weight is 503 g/mol. The van der Waals surface area contributed by atoms with Gasteiger partial charge in [-0.15, -0.1) is 0 Å². The monoisotopic (exact) mass is 501 g/mol. The second-order valence-corrected chi connectivity index (χ2v) is 7.88. The number of nitriles is 2. The SMILES string of the molecule is CC(C)NC(=O)/C(C#N)=C/c1cc(Br)c(OCc2ccccc2C#N)c(Br)c1. The van der Waals surface area contributed by atoms with Crippen molar-refractivity contribution in [1.29, 1.82) is 10.5 Å². The zero-order chi connectivity index (χ0) is 20.7. The van der Waals surface area contributed by atoms with Crippen molar-refractivity contribution in [2.75, 3.05) is 0 Å². The summed E-state index contributed by atoms with van der Waals surface area (Å²) in [4.78, 5) is 12.1. The molecule has 0 aliphatic carbocycles. The van der Waals surface area contributed by atoms with Crippen LogP contribution >= 0.6 is 31.9 Å². The molecule has 1 N–H and O–H groups in total. The number of carbonyl (C=O) groups is 1. The maximum atomic E-state index is 12.1. The van der Waals surface area contributed by atoms with E-state index in [-0.39, 0.29) is 18.2 Å². The summed E-state index contributed by atoms with van der Waals surface area (Å²) in [6.07, 6.45) is 1.52. The van der Waals surface area contributed by atoms with Crippen molar-refractivity contribution in [2.45, 2.75) is 26.5 Å². The predicted octanol–water partition coefficient (Wildman–Crippen LogP) is 5.09. The van der Waals surface area contributed by atoms with E-state index in [0.29, 0.717) is 25.8 Å². The minimum atomic E-state index is -0.418. The predicted molar refractivity (Wildman–Crippen MR) is 114 cm³/mol. The van der Waals surface area contributed by atoms with E-state index in [9.17, 15) is 15.3 Å². The van der Waals surface area contributed by atoms with Gasteiger partial charge in [0, 0.05) is 11.6 Å². The topological polar surface area (TPSA) is 85.9 Å². The van der Waals surface area contributed by atoms with E-state index in [0.717, 1.165) is 5.56 Å². The molecule has 7 heteroatoms. The van der Waals surface area contributed by atoms with Crippen LogP contribution in [0.2, 0.25) is 0 Å². The third-order valence-electron chi connectivity index (χ3n) is 3.63. The number of benzene rings is 2. The molecule has 0 spiro atoms. The zero-order valence-corrected chi connectivity index (χ0v) is 18.5. The maximum Gasteiger partial charge on any atom is 0.262 e. The highest BCUT2D eigenvalue weighted by molar-refractivity contribution is 9.11. The number of ether oxygens (including phenoxy) is 1. The lowest BCUT2D eigenvalue weighted by Crippen LogP contribution is -2.30. The van der Waals surface area contributed by atoms with Crippen LogP contribution in [-0.2, 0) is 11.4 Å². The second kappa shape index (κ2) is 10.1. The number of amides is 1. The highest BCUT2D eigenvalue weighted by Crippen LogP contribution is 2.36. The average Bonchev–Trinajstić information content (AvgIpc) is 2.65. The molecule has 0 atom stereocenters. The summed E-state index contributed by atoms with van der Waals surface area (Å²) in [7, 11) is 0. The third-order valence-corrected chi connectivity index (χ3v) is 4.80. The fraction of sp³-hybridized carbons (Fsp3) is 0.190. The molecule has 0 fully saturated rings. The van der Waals surface area contributed by atoms with Gasteiger partial charge >= 0.3 is 0 Å². The van der Waals surface area contributed by atoms with E-state index in [1.165, 1.54) is 6.08 Å². The summed E-state index contributed by atoms with van der Waals surface area (Å²) in [5, 5.41) is 21.1. The van der Waals surface area contributed by atoms with Gasteiger partial charge < -0.3 is 10.1 Å². The van der Waals surface area contributed by atoms with Gasteiger partial charge in [0.25, 0.3) is 5.91 Å². The van der Waals surface area contributed by atoms with E-state index >= 15 is 0 Å². The molecule has 0 unspecified atom stereocenters. The lowest BCUT2D eigenvalue weighted by Gasteiger charge is -2.12. The van der Waals surface area contributed by atoms with Gasteiger partial charge in [0.15, 0.2) is 0 Å². The summed E-state index contributed by atoms with van der Waals surface area (Å²) >= 11 is 6.93. The molecule has 0 aromatic heterocycles. The first kappa shape index (κ1) is 21.7. The standard InChI is InChI=1S/C21H17Br2N3O2/c1-13(2)26-21(27)17(11-25)7-14-8-18(22)20(19(23)9-14)28-12-16-6-4-3-5-15(16)10-24/h3-9,13H,12H2,1-2H3,(H,26,27)/b17-7+. The minimum Gasteiger partial charge on any atom is -0.486 e. The molecule has 0 bridgehead atoms. The van der Waals surface area contributed by atoms with E-state index in [1.807, 2.05) is 32.0 Å². The Morgan fingerprint density at radius 1 is 1.21 bits per heavy atom. The summed E-state index contributed by atoms with van der Waals surface area (Å²) in [5.41, 5.74) is 2.03. The number of carbonyl (C=O) groups excluding carboxylic acids is 1. The van der Waals surface area contributed by atoms with Crippen LogP contribution in [0.25, 0.3) is 6.08 Å². The van der Waals surface area contributed by atoms with Crippen molar-refractivity contribution in [3.8, 4) is 17.9 Å². The molecular weight excluding hydrogens is 486 g/mol. The third kappa shape index (κ3) is 5.69. The summed E-state index contributed by atoms with van der Waals surface area (Å²) in [5.74, 6) is 0.146. The Morgan fingerprint density at radius 2 is 1.86 bits per heavy atom. The lowest BCUT2D eigenvalue weighted by molar-refractivity contribution is -0.117. The van der Waals surface area contributed by atoms with E-state index in [2.05, 4.69) is 43.2 Å². The Kier molecular flexibility index (Phi) is 7.80. The van der Waals surface area contributed by atoms with Crippen LogP contribution in [0.15, 0.2) is 50.9 Å². The van der Waals surface area contributed by atoms with Gasteiger partial charge in [-0.25, -0.2) is 0 Å². The number of hydrogen-bond acceptors (Lipinski definition) is 4. The van der Waals surface area contributed by atoms with Crippen molar-refractivity contribution in [2.24, 2.45) is 0 Å². The molecule has 1 amide bonds. The van der Waals surface area contributed by atoms with Crippen LogP contribution in [0, 0.1) is 22.7 Å². The Hall–Kier alpha value is -2.61. The van der Waals surface area contributed by atoms with Gasteiger partial charge in [0.2, 0.25) is 0 Å². The first-order valence-corrected chi connectivity index (χ1v) is 9.96. The van der Waals surface area contributed by atoms with Gasteiger partial charge in [0.1, 0.15) is 24.0 Å². The fourth-order valence-corrected chi connectivity index (χ4v) is 3.81. The number of halogens is 2. The van der Waals surface area contributed by atoms with Crippen LogP contribution in [0.3, 0.4) is 0 Å². The Balaban J connectivity index is 2.25. The van der Waals surface area contributed by atoms with Crippen molar-refractivity contribution in [1.82, 2.24) is 5.32 Å². The van der Waals surface area contributed by atoms with Crippen molar-refractivity contribution in [3.05, 3.63) is 67.6 Å². The van der Waals surface area contributed by atoms with Crippen LogP contribution in [-0.4, -0.2) is 11.9 Å². The van der Waals surface area contributed by atoms with Gasteiger partial charge in [-0.05, 0) is 75.5 Å². The smallest absolute Gasteiger partial charge is 0.262 e. The van der Waals surface area contributed by atoms with Crippen molar-refractivity contribution >= 4 is 43.8 Å². The lowest BCUT2D eigenvalue weighted by atomic mass is 10.1. The normalized spacial score (nSPS) is 10.9. The molecule has 0 saturated carbocycles. The molecule has 0 aliphatic rings. The molecular formula is C21H17Br2N3O2. The molecule has 2 rings (SSSR count). The largest absolute Gasteiger partial charge is 0.486 e. The van der Waals surface area contributed by atoms with Gasteiger partial charge in [-0.2, -0.15) is 10.5 Å². The number of rotatable bonds is 6. The molecule has 0 aliphatic heterocycles. The van der Waals surface area contributed by atoms with Crippen LogP contribution in [0.5, 0.6) is 5.75 Å². The van der Waals surface area contributed by atoms with E-state index < -0.39 is 5.91 Å². The van der Waals surface area contributed by atoms with Gasteiger partial charge in [-0.1, -0.05) is 18.2 Å². The fourth-order valence-electron chi connectivity index (χ4n) is 2.36. The first-order chi connectivity index (χ1) is 13.3.